The quantitative estimate of drug-likeness (QED) is 0.893. The summed E-state index contributed by atoms with van der Waals surface area (Å²) in [5, 5.41) is 11.2. The smallest absolute Gasteiger partial charge is 0.396 e. The standard InChI is InChI=1S/C12H11F3N2O2/c13-12(14,15)9-3-1-2-4-10(9)17-11(19)8(5-6-18)7-16-17/h1-4,7,16,18H,5-6H2. The molecular weight excluding hydrogens is 261 g/mol. The second-order valence-electron chi connectivity index (χ2n) is 3.93. The normalized spacial score (nSPS) is 11.8. The minimum atomic E-state index is -4.54. The van der Waals surface area contributed by atoms with Gasteiger partial charge in [-0.3, -0.25) is 9.89 Å². The molecule has 0 spiro atoms. The number of aromatic nitrogens is 2. The van der Waals surface area contributed by atoms with Crippen LogP contribution < -0.4 is 5.56 Å². The summed E-state index contributed by atoms with van der Waals surface area (Å²) >= 11 is 0. The van der Waals surface area contributed by atoms with Crippen molar-refractivity contribution < 1.29 is 18.3 Å². The van der Waals surface area contributed by atoms with Crippen molar-refractivity contribution in [3.8, 4) is 5.69 Å². The Bertz CT molecular complexity index is 628. The number of nitrogens with zero attached hydrogens (tertiary/aromatic N) is 1. The van der Waals surface area contributed by atoms with E-state index in [1.54, 1.807) is 0 Å². The number of alkyl halides is 3. The monoisotopic (exact) mass is 272 g/mol. The van der Waals surface area contributed by atoms with Crippen LogP contribution in [0.15, 0.2) is 35.3 Å². The van der Waals surface area contributed by atoms with E-state index in [1.165, 1.54) is 24.4 Å². The summed E-state index contributed by atoms with van der Waals surface area (Å²) in [6, 6.07) is 4.80. The molecule has 2 rings (SSSR count). The van der Waals surface area contributed by atoms with Crippen LogP contribution in [0, 0.1) is 0 Å². The van der Waals surface area contributed by atoms with Gasteiger partial charge in [-0.15, -0.1) is 0 Å². The first kappa shape index (κ1) is 13.4. The number of halogens is 3. The summed E-state index contributed by atoms with van der Waals surface area (Å²) in [5.41, 5.74) is -1.51. The van der Waals surface area contributed by atoms with E-state index in [0.29, 0.717) is 0 Å². The number of benzene rings is 1. The molecule has 2 N–H and O–H groups in total. The molecule has 0 aliphatic rings. The van der Waals surface area contributed by atoms with Crippen LogP contribution in [0.5, 0.6) is 0 Å². The van der Waals surface area contributed by atoms with Crippen molar-refractivity contribution in [1.29, 1.82) is 0 Å². The fourth-order valence-corrected chi connectivity index (χ4v) is 1.79. The van der Waals surface area contributed by atoms with Crippen LogP contribution in [0.25, 0.3) is 5.69 Å². The molecule has 0 aliphatic carbocycles. The zero-order chi connectivity index (χ0) is 14.0. The first-order valence-corrected chi connectivity index (χ1v) is 5.52. The highest BCUT2D eigenvalue weighted by atomic mass is 19.4. The highest BCUT2D eigenvalue weighted by Gasteiger charge is 2.34. The molecule has 0 amide bonds. The number of rotatable bonds is 3. The summed E-state index contributed by atoms with van der Waals surface area (Å²) in [4.78, 5) is 11.9. The Morgan fingerprint density at radius 2 is 1.95 bits per heavy atom. The lowest BCUT2D eigenvalue weighted by molar-refractivity contribution is -0.137. The van der Waals surface area contributed by atoms with Crippen molar-refractivity contribution in [2.45, 2.75) is 12.6 Å². The highest BCUT2D eigenvalue weighted by Crippen LogP contribution is 2.32. The third kappa shape index (κ3) is 2.55. The molecule has 0 bridgehead atoms. The number of H-pyrrole nitrogens is 1. The van der Waals surface area contributed by atoms with E-state index in [-0.39, 0.29) is 24.3 Å². The van der Waals surface area contributed by atoms with Gasteiger partial charge in [0.15, 0.2) is 0 Å². The second kappa shape index (κ2) is 4.93. The Labute approximate surface area is 106 Å². The van der Waals surface area contributed by atoms with Gasteiger partial charge in [0, 0.05) is 24.8 Å². The SMILES string of the molecule is O=c1c(CCO)c[nH]n1-c1ccccc1C(F)(F)F. The summed E-state index contributed by atoms with van der Waals surface area (Å²) in [6.07, 6.45) is -3.15. The van der Waals surface area contributed by atoms with Gasteiger partial charge in [-0.2, -0.15) is 13.2 Å². The predicted octanol–water partition coefficient (Wildman–Crippen LogP) is 1.72. The Hall–Kier alpha value is -2.02. The van der Waals surface area contributed by atoms with E-state index in [9.17, 15) is 18.0 Å². The van der Waals surface area contributed by atoms with Crippen LogP contribution in [0.1, 0.15) is 11.1 Å². The van der Waals surface area contributed by atoms with Crippen molar-refractivity contribution in [3.05, 3.63) is 51.9 Å². The Balaban J connectivity index is 2.57. The molecule has 19 heavy (non-hydrogen) atoms. The number of hydrogen-bond donors (Lipinski definition) is 2. The summed E-state index contributed by atoms with van der Waals surface area (Å²) in [5.74, 6) is 0. The molecule has 0 unspecified atom stereocenters. The number of aliphatic hydroxyl groups excluding tert-OH is 1. The molecule has 0 radical (unpaired) electrons. The van der Waals surface area contributed by atoms with E-state index in [4.69, 9.17) is 5.11 Å². The number of para-hydroxylation sites is 1. The molecule has 0 saturated carbocycles. The lowest BCUT2D eigenvalue weighted by atomic mass is 10.1. The van der Waals surface area contributed by atoms with E-state index < -0.39 is 17.3 Å². The average molecular weight is 272 g/mol. The zero-order valence-electron chi connectivity index (χ0n) is 9.74. The van der Waals surface area contributed by atoms with Gasteiger partial charge in [0.2, 0.25) is 0 Å². The number of aliphatic hydroxyl groups is 1. The summed E-state index contributed by atoms with van der Waals surface area (Å²) in [7, 11) is 0. The topological polar surface area (TPSA) is 58.0 Å². The van der Waals surface area contributed by atoms with Crippen LogP contribution >= 0.6 is 0 Å². The van der Waals surface area contributed by atoms with Crippen molar-refractivity contribution >= 4 is 0 Å². The van der Waals surface area contributed by atoms with Gasteiger partial charge in [-0.05, 0) is 12.1 Å². The summed E-state index contributed by atoms with van der Waals surface area (Å²) in [6.45, 7) is -0.242. The average Bonchev–Trinajstić information content (AvgIpc) is 2.71. The first-order valence-electron chi connectivity index (χ1n) is 5.52. The van der Waals surface area contributed by atoms with Crippen LogP contribution in [0.2, 0.25) is 0 Å². The molecule has 1 aromatic carbocycles. The third-order valence-corrected chi connectivity index (χ3v) is 2.68. The molecule has 4 nitrogen and oxygen atoms in total. The second-order valence-corrected chi connectivity index (χ2v) is 3.93. The molecule has 7 heteroatoms. The predicted molar refractivity (Wildman–Crippen MR) is 62.2 cm³/mol. The maximum Gasteiger partial charge on any atom is 0.418 e. The van der Waals surface area contributed by atoms with Crippen molar-refractivity contribution in [2.24, 2.45) is 0 Å². The fourth-order valence-electron chi connectivity index (χ4n) is 1.79. The first-order chi connectivity index (χ1) is 8.95. The minimum Gasteiger partial charge on any atom is -0.396 e. The molecule has 0 atom stereocenters. The highest BCUT2D eigenvalue weighted by molar-refractivity contribution is 5.42. The van der Waals surface area contributed by atoms with Crippen molar-refractivity contribution in [2.75, 3.05) is 6.61 Å². The van der Waals surface area contributed by atoms with E-state index >= 15 is 0 Å². The Morgan fingerprint density at radius 3 is 2.58 bits per heavy atom. The number of nitrogens with one attached hydrogen (secondary N) is 1. The Kier molecular flexibility index (Phi) is 3.48. The van der Waals surface area contributed by atoms with Gasteiger partial charge in [0.1, 0.15) is 0 Å². The lowest BCUT2D eigenvalue weighted by Gasteiger charge is -2.12. The van der Waals surface area contributed by atoms with Crippen LogP contribution in [-0.4, -0.2) is 21.5 Å². The fraction of sp³-hybridized carbons (Fsp3) is 0.250. The maximum absolute atomic E-state index is 12.9. The largest absolute Gasteiger partial charge is 0.418 e. The van der Waals surface area contributed by atoms with Gasteiger partial charge in [0.05, 0.1) is 11.3 Å². The third-order valence-electron chi connectivity index (χ3n) is 2.68. The van der Waals surface area contributed by atoms with Gasteiger partial charge in [0.25, 0.3) is 5.56 Å². The van der Waals surface area contributed by atoms with Gasteiger partial charge in [-0.25, -0.2) is 4.68 Å². The molecule has 1 heterocycles. The molecule has 1 aromatic heterocycles. The van der Waals surface area contributed by atoms with Crippen LogP contribution in [0.4, 0.5) is 13.2 Å². The molecule has 102 valence electrons. The molecule has 0 saturated heterocycles. The van der Waals surface area contributed by atoms with Crippen LogP contribution in [0.3, 0.4) is 0 Å². The van der Waals surface area contributed by atoms with Crippen molar-refractivity contribution in [3.63, 3.8) is 0 Å². The molecular formula is C12H11F3N2O2. The van der Waals surface area contributed by atoms with Crippen molar-refractivity contribution in [1.82, 2.24) is 9.78 Å². The molecule has 0 fully saturated rings. The number of hydrogen-bond acceptors (Lipinski definition) is 2. The maximum atomic E-state index is 12.9. The lowest BCUT2D eigenvalue weighted by Crippen LogP contribution is -2.21. The van der Waals surface area contributed by atoms with E-state index in [2.05, 4.69) is 5.10 Å². The van der Waals surface area contributed by atoms with Crippen LogP contribution in [-0.2, 0) is 12.6 Å². The summed E-state index contributed by atoms with van der Waals surface area (Å²) < 4.78 is 39.4. The zero-order valence-corrected chi connectivity index (χ0v) is 9.74. The van der Waals surface area contributed by atoms with Gasteiger partial charge >= 0.3 is 6.18 Å². The van der Waals surface area contributed by atoms with Gasteiger partial charge in [-0.1, -0.05) is 12.1 Å². The molecule has 0 aliphatic heterocycles. The number of aromatic amines is 1. The van der Waals surface area contributed by atoms with E-state index in [1.807, 2.05) is 0 Å². The molecule has 2 aromatic rings. The van der Waals surface area contributed by atoms with E-state index in [0.717, 1.165) is 10.7 Å². The minimum absolute atomic E-state index is 0.0938. The van der Waals surface area contributed by atoms with Gasteiger partial charge < -0.3 is 5.11 Å². The Morgan fingerprint density at radius 1 is 1.26 bits per heavy atom.